The van der Waals surface area contributed by atoms with Crippen molar-refractivity contribution in [3.8, 4) is 0 Å². The number of aryl methyl sites for hydroxylation is 1. The standard InChI is InChI=1S/C19H24N4O3/c1-3-26-19(25)22-12-10-21(11-13-22)18(24)17-6-4-16(5-7-17)14-23-9-8-20-15(23)2/h4-9H,3,10-14H2,1-2H3. The summed E-state index contributed by atoms with van der Waals surface area (Å²) in [6, 6.07) is 7.67. The Morgan fingerprint density at radius 1 is 1.08 bits per heavy atom. The van der Waals surface area contributed by atoms with Gasteiger partial charge in [-0.1, -0.05) is 12.1 Å². The largest absolute Gasteiger partial charge is 0.450 e. The van der Waals surface area contributed by atoms with Crippen molar-refractivity contribution in [1.29, 1.82) is 0 Å². The highest BCUT2D eigenvalue weighted by Gasteiger charge is 2.25. The van der Waals surface area contributed by atoms with E-state index in [9.17, 15) is 9.59 Å². The Hall–Kier alpha value is -2.83. The maximum atomic E-state index is 12.7. The number of piperazine rings is 1. The molecule has 0 bridgehead atoms. The zero-order valence-corrected chi connectivity index (χ0v) is 15.2. The summed E-state index contributed by atoms with van der Waals surface area (Å²) in [5, 5.41) is 0. The SMILES string of the molecule is CCOC(=O)N1CCN(C(=O)c2ccc(Cn3ccnc3C)cc2)CC1. The van der Waals surface area contributed by atoms with Crippen LogP contribution in [0, 0.1) is 6.92 Å². The highest BCUT2D eigenvalue weighted by Crippen LogP contribution is 2.12. The molecular formula is C19H24N4O3. The van der Waals surface area contributed by atoms with Gasteiger partial charge in [0.15, 0.2) is 0 Å². The summed E-state index contributed by atoms with van der Waals surface area (Å²) >= 11 is 0. The fourth-order valence-electron chi connectivity index (χ4n) is 3.01. The maximum Gasteiger partial charge on any atom is 0.409 e. The first kappa shape index (κ1) is 18.0. The minimum atomic E-state index is -0.307. The fourth-order valence-corrected chi connectivity index (χ4v) is 3.01. The van der Waals surface area contributed by atoms with Gasteiger partial charge in [0.25, 0.3) is 5.91 Å². The van der Waals surface area contributed by atoms with Crippen molar-refractivity contribution >= 4 is 12.0 Å². The number of carbonyl (C=O) groups excluding carboxylic acids is 2. The van der Waals surface area contributed by atoms with Gasteiger partial charge in [-0.15, -0.1) is 0 Å². The zero-order chi connectivity index (χ0) is 18.5. The molecule has 1 aromatic carbocycles. The average Bonchev–Trinajstić information content (AvgIpc) is 3.07. The third-order valence-electron chi connectivity index (χ3n) is 4.57. The highest BCUT2D eigenvalue weighted by molar-refractivity contribution is 5.94. The van der Waals surface area contributed by atoms with E-state index in [0.717, 1.165) is 17.9 Å². The summed E-state index contributed by atoms with van der Waals surface area (Å²) in [5.41, 5.74) is 1.79. The second kappa shape index (κ2) is 8.03. The summed E-state index contributed by atoms with van der Waals surface area (Å²) in [6.07, 6.45) is 3.42. The lowest BCUT2D eigenvalue weighted by Gasteiger charge is -2.34. The molecule has 26 heavy (non-hydrogen) atoms. The van der Waals surface area contributed by atoms with Crippen LogP contribution in [-0.2, 0) is 11.3 Å². The van der Waals surface area contributed by atoms with Gasteiger partial charge >= 0.3 is 6.09 Å². The Labute approximate surface area is 153 Å². The predicted octanol–water partition coefficient (Wildman–Crippen LogP) is 2.15. The van der Waals surface area contributed by atoms with E-state index in [1.807, 2.05) is 37.4 Å². The number of carbonyl (C=O) groups is 2. The quantitative estimate of drug-likeness (QED) is 0.842. The van der Waals surface area contributed by atoms with E-state index < -0.39 is 0 Å². The second-order valence-corrected chi connectivity index (χ2v) is 6.28. The third-order valence-corrected chi connectivity index (χ3v) is 4.57. The second-order valence-electron chi connectivity index (χ2n) is 6.28. The molecule has 2 heterocycles. The maximum absolute atomic E-state index is 12.7. The van der Waals surface area contributed by atoms with E-state index in [1.165, 1.54) is 0 Å². The molecule has 0 unspecified atom stereocenters. The van der Waals surface area contributed by atoms with Crippen molar-refractivity contribution in [1.82, 2.24) is 19.4 Å². The van der Waals surface area contributed by atoms with E-state index in [4.69, 9.17) is 4.74 Å². The molecule has 2 aromatic rings. The molecule has 1 saturated heterocycles. The van der Waals surface area contributed by atoms with Crippen LogP contribution >= 0.6 is 0 Å². The predicted molar refractivity (Wildman–Crippen MR) is 97.0 cm³/mol. The number of amides is 2. The number of nitrogens with zero attached hydrogens (tertiary/aromatic N) is 4. The van der Waals surface area contributed by atoms with Gasteiger partial charge in [0.05, 0.1) is 6.61 Å². The lowest BCUT2D eigenvalue weighted by Crippen LogP contribution is -2.50. The number of aromatic nitrogens is 2. The fraction of sp³-hybridized carbons (Fsp3) is 0.421. The molecule has 0 saturated carbocycles. The average molecular weight is 356 g/mol. The lowest BCUT2D eigenvalue weighted by atomic mass is 10.1. The molecule has 1 aliphatic rings. The van der Waals surface area contributed by atoms with Gasteiger partial charge < -0.3 is 19.1 Å². The van der Waals surface area contributed by atoms with E-state index in [2.05, 4.69) is 9.55 Å². The van der Waals surface area contributed by atoms with Crippen molar-refractivity contribution < 1.29 is 14.3 Å². The number of imidazole rings is 1. The summed E-state index contributed by atoms with van der Waals surface area (Å²) in [6.45, 7) is 6.90. The van der Waals surface area contributed by atoms with Gasteiger partial charge in [-0.3, -0.25) is 4.79 Å². The Balaban J connectivity index is 1.57. The van der Waals surface area contributed by atoms with E-state index in [-0.39, 0.29) is 12.0 Å². The summed E-state index contributed by atoms with van der Waals surface area (Å²) in [5.74, 6) is 0.962. The number of hydrogen-bond acceptors (Lipinski definition) is 4. The molecule has 1 aromatic heterocycles. The van der Waals surface area contributed by atoms with Crippen molar-refractivity contribution in [2.45, 2.75) is 20.4 Å². The molecule has 2 amide bonds. The van der Waals surface area contributed by atoms with Crippen LogP contribution in [0.1, 0.15) is 28.7 Å². The Kier molecular flexibility index (Phi) is 5.55. The lowest BCUT2D eigenvalue weighted by molar-refractivity contribution is 0.0570. The van der Waals surface area contributed by atoms with Crippen LogP contribution in [0.2, 0.25) is 0 Å². The van der Waals surface area contributed by atoms with Crippen LogP contribution < -0.4 is 0 Å². The molecule has 0 atom stereocenters. The number of ether oxygens (including phenoxy) is 1. The first-order valence-electron chi connectivity index (χ1n) is 8.86. The Morgan fingerprint density at radius 3 is 2.31 bits per heavy atom. The van der Waals surface area contributed by atoms with Gasteiger partial charge in [0.2, 0.25) is 0 Å². The molecule has 138 valence electrons. The molecule has 7 nitrogen and oxygen atoms in total. The van der Waals surface area contributed by atoms with Crippen LogP contribution in [0.4, 0.5) is 4.79 Å². The normalized spacial score (nSPS) is 14.4. The van der Waals surface area contributed by atoms with Crippen LogP contribution in [0.3, 0.4) is 0 Å². The smallest absolute Gasteiger partial charge is 0.409 e. The molecule has 0 N–H and O–H groups in total. The first-order valence-corrected chi connectivity index (χ1v) is 8.86. The monoisotopic (exact) mass is 356 g/mol. The number of rotatable bonds is 4. The minimum absolute atomic E-state index is 0.00105. The molecular weight excluding hydrogens is 332 g/mol. The summed E-state index contributed by atoms with van der Waals surface area (Å²) in [4.78, 5) is 32.0. The molecule has 0 aliphatic carbocycles. The van der Waals surface area contributed by atoms with Gasteiger partial charge in [-0.25, -0.2) is 9.78 Å². The topological polar surface area (TPSA) is 67.7 Å². The molecule has 7 heteroatoms. The van der Waals surface area contributed by atoms with E-state index >= 15 is 0 Å². The summed E-state index contributed by atoms with van der Waals surface area (Å²) in [7, 11) is 0. The van der Waals surface area contributed by atoms with Crippen LogP contribution in [0.15, 0.2) is 36.7 Å². The van der Waals surface area contributed by atoms with Gasteiger partial charge in [-0.2, -0.15) is 0 Å². The zero-order valence-electron chi connectivity index (χ0n) is 15.2. The number of benzene rings is 1. The van der Waals surface area contributed by atoms with Crippen molar-refractivity contribution in [2.75, 3.05) is 32.8 Å². The first-order chi connectivity index (χ1) is 12.6. The molecule has 1 aliphatic heterocycles. The van der Waals surface area contributed by atoms with Crippen molar-refractivity contribution in [2.24, 2.45) is 0 Å². The highest BCUT2D eigenvalue weighted by atomic mass is 16.6. The van der Waals surface area contributed by atoms with E-state index in [0.29, 0.717) is 38.3 Å². The minimum Gasteiger partial charge on any atom is -0.450 e. The van der Waals surface area contributed by atoms with E-state index in [1.54, 1.807) is 22.9 Å². The Bertz CT molecular complexity index is 761. The molecule has 0 radical (unpaired) electrons. The molecule has 1 fully saturated rings. The summed E-state index contributed by atoms with van der Waals surface area (Å²) < 4.78 is 7.06. The van der Waals surface area contributed by atoms with Crippen molar-refractivity contribution in [3.05, 3.63) is 53.6 Å². The van der Waals surface area contributed by atoms with Gasteiger partial charge in [0, 0.05) is 50.7 Å². The van der Waals surface area contributed by atoms with Crippen molar-refractivity contribution in [3.63, 3.8) is 0 Å². The van der Waals surface area contributed by atoms with Gasteiger partial charge in [0.1, 0.15) is 5.82 Å². The van der Waals surface area contributed by atoms with Crippen LogP contribution in [-0.4, -0.2) is 64.1 Å². The Morgan fingerprint density at radius 2 is 1.73 bits per heavy atom. The van der Waals surface area contributed by atoms with Crippen LogP contribution in [0.25, 0.3) is 0 Å². The molecule has 3 rings (SSSR count). The third kappa shape index (κ3) is 4.04. The van der Waals surface area contributed by atoms with Gasteiger partial charge in [-0.05, 0) is 31.5 Å². The van der Waals surface area contributed by atoms with Crippen LogP contribution in [0.5, 0.6) is 0 Å². The molecule has 0 spiro atoms. The number of hydrogen-bond donors (Lipinski definition) is 0.